The fraction of sp³-hybridized carbons (Fsp3) is 0. The van der Waals surface area contributed by atoms with E-state index >= 15 is 0 Å². The van der Waals surface area contributed by atoms with Crippen LogP contribution in [0.15, 0.2) is 53.6 Å². The second kappa shape index (κ2) is 5.46. The molecular formula is C13H10ClFN2. The van der Waals surface area contributed by atoms with Gasteiger partial charge in [0.05, 0.1) is 16.9 Å². The number of halogens is 2. The molecule has 2 nitrogen and oxygen atoms in total. The lowest BCUT2D eigenvalue weighted by Crippen LogP contribution is -1.93. The molecule has 0 saturated heterocycles. The maximum absolute atomic E-state index is 13.2. The zero-order valence-corrected chi connectivity index (χ0v) is 9.66. The quantitative estimate of drug-likeness (QED) is 0.646. The van der Waals surface area contributed by atoms with E-state index in [-0.39, 0.29) is 5.82 Å². The molecule has 1 N–H and O–H groups in total. The van der Waals surface area contributed by atoms with Crippen LogP contribution in [-0.4, -0.2) is 6.21 Å². The number of rotatable bonds is 3. The monoisotopic (exact) mass is 248 g/mol. The largest absolute Gasteiger partial charge is 0.277 e. The lowest BCUT2D eigenvalue weighted by Gasteiger charge is -2.01. The summed E-state index contributed by atoms with van der Waals surface area (Å²) >= 11 is 5.93. The Morgan fingerprint density at radius 3 is 2.53 bits per heavy atom. The van der Waals surface area contributed by atoms with E-state index in [4.69, 9.17) is 11.6 Å². The number of hydrazone groups is 1. The molecule has 17 heavy (non-hydrogen) atoms. The van der Waals surface area contributed by atoms with Gasteiger partial charge in [0.2, 0.25) is 0 Å². The summed E-state index contributed by atoms with van der Waals surface area (Å²) in [5.74, 6) is -0.308. The smallest absolute Gasteiger partial charge is 0.132 e. The lowest BCUT2D eigenvalue weighted by atomic mass is 10.2. The maximum atomic E-state index is 13.2. The van der Waals surface area contributed by atoms with Crippen LogP contribution in [0.2, 0.25) is 5.02 Å². The standard InChI is InChI=1S/C13H10ClFN2/c14-11-6-2-4-8-13(11)17-16-9-10-5-1-3-7-12(10)15/h1-9,17H/b16-9-. The van der Waals surface area contributed by atoms with Crippen LogP contribution in [0, 0.1) is 5.82 Å². The van der Waals surface area contributed by atoms with Crippen LogP contribution < -0.4 is 5.43 Å². The molecule has 0 amide bonds. The summed E-state index contributed by atoms with van der Waals surface area (Å²) in [4.78, 5) is 0. The van der Waals surface area contributed by atoms with Gasteiger partial charge in [0.25, 0.3) is 0 Å². The Hall–Kier alpha value is -1.87. The third-order valence-corrected chi connectivity index (χ3v) is 2.50. The first-order chi connectivity index (χ1) is 8.27. The third-order valence-electron chi connectivity index (χ3n) is 2.17. The maximum Gasteiger partial charge on any atom is 0.132 e. The predicted octanol–water partition coefficient (Wildman–Crippen LogP) is 3.93. The van der Waals surface area contributed by atoms with Crippen molar-refractivity contribution >= 4 is 23.5 Å². The molecule has 0 bridgehead atoms. The van der Waals surface area contributed by atoms with Gasteiger partial charge in [0, 0.05) is 5.56 Å². The van der Waals surface area contributed by atoms with Crippen LogP contribution in [0.25, 0.3) is 0 Å². The molecule has 4 heteroatoms. The molecule has 0 aromatic heterocycles. The zero-order valence-electron chi connectivity index (χ0n) is 8.90. The topological polar surface area (TPSA) is 24.4 Å². The number of hydrogen-bond donors (Lipinski definition) is 1. The Balaban J connectivity index is 2.09. The van der Waals surface area contributed by atoms with E-state index in [0.717, 1.165) is 0 Å². The fourth-order valence-corrected chi connectivity index (χ4v) is 1.48. The van der Waals surface area contributed by atoms with Crippen LogP contribution in [-0.2, 0) is 0 Å². The normalized spacial score (nSPS) is 10.7. The second-order valence-electron chi connectivity index (χ2n) is 3.37. The Labute approximate surface area is 104 Å². The highest BCUT2D eigenvalue weighted by Gasteiger charge is 1.97. The second-order valence-corrected chi connectivity index (χ2v) is 3.78. The van der Waals surface area contributed by atoms with Gasteiger partial charge >= 0.3 is 0 Å². The number of nitrogens with zero attached hydrogens (tertiary/aromatic N) is 1. The van der Waals surface area contributed by atoms with Crippen molar-refractivity contribution in [3.63, 3.8) is 0 Å². The summed E-state index contributed by atoms with van der Waals surface area (Å²) in [6.07, 6.45) is 1.42. The van der Waals surface area contributed by atoms with E-state index < -0.39 is 0 Å². The van der Waals surface area contributed by atoms with E-state index in [9.17, 15) is 4.39 Å². The first kappa shape index (κ1) is 11.6. The molecule has 0 saturated carbocycles. The summed E-state index contributed by atoms with van der Waals surface area (Å²) in [7, 11) is 0. The minimum atomic E-state index is -0.308. The van der Waals surface area contributed by atoms with Crippen molar-refractivity contribution < 1.29 is 4.39 Å². The summed E-state index contributed by atoms with van der Waals surface area (Å²) < 4.78 is 13.2. The first-order valence-electron chi connectivity index (χ1n) is 5.05. The third kappa shape index (κ3) is 3.04. The van der Waals surface area contributed by atoms with Gasteiger partial charge in [-0.25, -0.2) is 4.39 Å². The van der Waals surface area contributed by atoms with Gasteiger partial charge in [0.1, 0.15) is 5.82 Å². The van der Waals surface area contributed by atoms with Gasteiger partial charge in [-0.2, -0.15) is 5.10 Å². The molecule has 0 spiro atoms. The number of para-hydroxylation sites is 1. The first-order valence-corrected chi connectivity index (χ1v) is 5.43. The summed E-state index contributed by atoms with van der Waals surface area (Å²) in [5.41, 5.74) is 3.86. The molecule has 86 valence electrons. The average Bonchev–Trinajstić information content (AvgIpc) is 2.34. The number of nitrogens with one attached hydrogen (secondary N) is 1. The minimum Gasteiger partial charge on any atom is -0.277 e. The Bertz CT molecular complexity index is 540. The Kier molecular flexibility index (Phi) is 3.73. The van der Waals surface area contributed by atoms with Crippen molar-refractivity contribution in [2.75, 3.05) is 5.43 Å². The molecule has 0 aliphatic rings. The highest BCUT2D eigenvalue weighted by molar-refractivity contribution is 6.33. The summed E-state index contributed by atoms with van der Waals surface area (Å²) in [6, 6.07) is 13.6. The molecule has 2 rings (SSSR count). The molecule has 2 aromatic carbocycles. The molecular weight excluding hydrogens is 239 g/mol. The van der Waals surface area contributed by atoms with E-state index in [2.05, 4.69) is 10.5 Å². The van der Waals surface area contributed by atoms with Crippen molar-refractivity contribution in [2.24, 2.45) is 5.10 Å². The van der Waals surface area contributed by atoms with E-state index in [1.165, 1.54) is 12.3 Å². The molecule has 2 aromatic rings. The van der Waals surface area contributed by atoms with E-state index in [1.807, 2.05) is 12.1 Å². The van der Waals surface area contributed by atoms with Gasteiger partial charge in [-0.1, -0.05) is 41.9 Å². The fourth-order valence-electron chi connectivity index (χ4n) is 1.30. The number of anilines is 1. The van der Waals surface area contributed by atoms with E-state index in [1.54, 1.807) is 30.3 Å². The molecule has 0 heterocycles. The Morgan fingerprint density at radius 2 is 1.76 bits per heavy atom. The lowest BCUT2D eigenvalue weighted by molar-refractivity contribution is 0.626. The molecule has 0 unspecified atom stereocenters. The molecule has 0 radical (unpaired) electrons. The van der Waals surface area contributed by atoms with Gasteiger partial charge in [-0.05, 0) is 18.2 Å². The molecule has 0 fully saturated rings. The van der Waals surface area contributed by atoms with Crippen molar-refractivity contribution in [1.82, 2.24) is 0 Å². The van der Waals surface area contributed by atoms with Crippen LogP contribution >= 0.6 is 11.6 Å². The van der Waals surface area contributed by atoms with Crippen molar-refractivity contribution in [3.05, 3.63) is 64.9 Å². The summed E-state index contributed by atoms with van der Waals surface area (Å²) in [6.45, 7) is 0. The number of hydrogen-bond acceptors (Lipinski definition) is 2. The summed E-state index contributed by atoms with van der Waals surface area (Å²) in [5, 5.41) is 4.50. The minimum absolute atomic E-state index is 0.308. The SMILES string of the molecule is Fc1ccccc1/C=N\Nc1ccccc1Cl. The van der Waals surface area contributed by atoms with Gasteiger partial charge in [-0.15, -0.1) is 0 Å². The van der Waals surface area contributed by atoms with Crippen LogP contribution in [0.1, 0.15) is 5.56 Å². The number of benzene rings is 2. The van der Waals surface area contributed by atoms with Crippen LogP contribution in [0.4, 0.5) is 10.1 Å². The predicted molar refractivity (Wildman–Crippen MR) is 69.1 cm³/mol. The van der Waals surface area contributed by atoms with Gasteiger partial charge < -0.3 is 0 Å². The van der Waals surface area contributed by atoms with Crippen molar-refractivity contribution in [1.29, 1.82) is 0 Å². The van der Waals surface area contributed by atoms with Crippen LogP contribution in [0.5, 0.6) is 0 Å². The molecule has 0 atom stereocenters. The Morgan fingerprint density at radius 1 is 1.06 bits per heavy atom. The highest BCUT2D eigenvalue weighted by Crippen LogP contribution is 2.20. The van der Waals surface area contributed by atoms with Crippen molar-refractivity contribution in [2.45, 2.75) is 0 Å². The van der Waals surface area contributed by atoms with Gasteiger partial charge in [0.15, 0.2) is 0 Å². The zero-order chi connectivity index (χ0) is 12.1. The highest BCUT2D eigenvalue weighted by atomic mass is 35.5. The average molecular weight is 249 g/mol. The molecule has 0 aliphatic carbocycles. The van der Waals surface area contributed by atoms with Gasteiger partial charge in [-0.3, -0.25) is 5.43 Å². The molecule has 0 aliphatic heterocycles. The van der Waals surface area contributed by atoms with Crippen LogP contribution in [0.3, 0.4) is 0 Å². The van der Waals surface area contributed by atoms with E-state index in [0.29, 0.717) is 16.3 Å². The van der Waals surface area contributed by atoms with Crippen molar-refractivity contribution in [3.8, 4) is 0 Å².